The second kappa shape index (κ2) is 11.6. The topological polar surface area (TPSA) is 52.1 Å². The Morgan fingerprint density at radius 1 is 1.13 bits per heavy atom. The molecule has 1 heterocycles. The predicted molar refractivity (Wildman–Crippen MR) is 125 cm³/mol. The minimum Gasteiger partial charge on any atom is -0.493 e. The van der Waals surface area contributed by atoms with Gasteiger partial charge in [0.15, 0.2) is 5.96 Å². The van der Waals surface area contributed by atoms with E-state index in [9.17, 15) is 0 Å². The van der Waals surface area contributed by atoms with Gasteiger partial charge in [0.05, 0.1) is 13.2 Å². The molecule has 6 heteroatoms. The van der Waals surface area contributed by atoms with Gasteiger partial charge in [-0.25, -0.2) is 4.99 Å². The maximum atomic E-state index is 6.05. The number of nitrogens with one attached hydrogen (secondary N) is 2. The van der Waals surface area contributed by atoms with Crippen LogP contribution in [-0.2, 0) is 6.54 Å². The monoisotopic (exact) mass is 415 g/mol. The van der Waals surface area contributed by atoms with E-state index in [0.29, 0.717) is 18.5 Å². The third kappa shape index (κ3) is 7.17. The molecule has 0 amide bonds. The fraction of sp³-hybridized carbons (Fsp3) is 0.708. The van der Waals surface area contributed by atoms with Gasteiger partial charge >= 0.3 is 0 Å². The van der Waals surface area contributed by atoms with Crippen molar-refractivity contribution in [2.75, 3.05) is 52.9 Å². The van der Waals surface area contributed by atoms with Crippen LogP contribution < -0.4 is 15.4 Å². The lowest BCUT2D eigenvalue weighted by Crippen LogP contribution is -2.55. The van der Waals surface area contributed by atoms with Gasteiger partial charge in [-0.1, -0.05) is 32.0 Å². The first kappa shape index (κ1) is 22.9. The lowest BCUT2D eigenvalue weighted by Gasteiger charge is -2.40. The Hall–Kier alpha value is -1.79. The summed E-state index contributed by atoms with van der Waals surface area (Å²) < 4.78 is 6.05. The highest BCUT2D eigenvalue weighted by atomic mass is 16.5. The van der Waals surface area contributed by atoms with Crippen molar-refractivity contribution in [2.24, 2.45) is 16.8 Å². The Labute approximate surface area is 183 Å². The maximum absolute atomic E-state index is 6.05. The molecule has 0 bridgehead atoms. The average molecular weight is 416 g/mol. The first-order valence-corrected chi connectivity index (χ1v) is 11.7. The van der Waals surface area contributed by atoms with E-state index < -0.39 is 0 Å². The van der Waals surface area contributed by atoms with Crippen LogP contribution in [0.4, 0.5) is 0 Å². The van der Waals surface area contributed by atoms with Crippen molar-refractivity contribution in [1.29, 1.82) is 0 Å². The summed E-state index contributed by atoms with van der Waals surface area (Å²) in [6, 6.07) is 8.81. The van der Waals surface area contributed by atoms with Gasteiger partial charge in [0.1, 0.15) is 5.75 Å². The van der Waals surface area contributed by atoms with Crippen LogP contribution in [0.5, 0.6) is 5.75 Å². The summed E-state index contributed by atoms with van der Waals surface area (Å²) >= 11 is 0. The smallest absolute Gasteiger partial charge is 0.191 e. The molecular weight excluding hydrogens is 374 g/mol. The zero-order valence-corrected chi connectivity index (χ0v) is 19.4. The molecule has 1 unspecified atom stereocenters. The van der Waals surface area contributed by atoms with Crippen LogP contribution in [0.2, 0.25) is 0 Å². The van der Waals surface area contributed by atoms with Crippen molar-refractivity contribution in [3.8, 4) is 5.75 Å². The number of guanidine groups is 1. The molecular formula is C24H41N5O. The van der Waals surface area contributed by atoms with Gasteiger partial charge in [-0.05, 0) is 44.7 Å². The molecule has 1 aliphatic heterocycles. The molecule has 168 valence electrons. The highest BCUT2D eigenvalue weighted by Crippen LogP contribution is 2.30. The Balaban J connectivity index is 1.58. The van der Waals surface area contributed by atoms with Crippen LogP contribution >= 0.6 is 0 Å². The van der Waals surface area contributed by atoms with Gasteiger partial charge < -0.3 is 20.3 Å². The zero-order valence-electron chi connectivity index (χ0n) is 19.4. The number of benzene rings is 1. The third-order valence-electron chi connectivity index (χ3n) is 6.15. The maximum Gasteiger partial charge on any atom is 0.191 e. The van der Waals surface area contributed by atoms with E-state index in [1.165, 1.54) is 12.8 Å². The zero-order chi connectivity index (χ0) is 21.3. The molecule has 0 radical (unpaired) electrons. The summed E-state index contributed by atoms with van der Waals surface area (Å²) in [4.78, 5) is 9.90. The van der Waals surface area contributed by atoms with E-state index in [1.54, 1.807) is 0 Å². The first-order chi connectivity index (χ1) is 14.6. The van der Waals surface area contributed by atoms with Crippen molar-refractivity contribution in [3.05, 3.63) is 29.8 Å². The van der Waals surface area contributed by atoms with Gasteiger partial charge in [-0.2, -0.15) is 0 Å². The summed E-state index contributed by atoms with van der Waals surface area (Å²) in [7, 11) is 2.21. The Kier molecular flexibility index (Phi) is 8.82. The van der Waals surface area contributed by atoms with E-state index in [-0.39, 0.29) is 0 Å². The van der Waals surface area contributed by atoms with Crippen molar-refractivity contribution < 1.29 is 4.74 Å². The number of piperazine rings is 1. The fourth-order valence-corrected chi connectivity index (χ4v) is 3.91. The van der Waals surface area contributed by atoms with Crippen molar-refractivity contribution in [3.63, 3.8) is 0 Å². The number of ether oxygens (including phenoxy) is 1. The normalized spacial score (nSPS) is 19.7. The van der Waals surface area contributed by atoms with E-state index in [4.69, 9.17) is 9.73 Å². The van der Waals surface area contributed by atoms with Crippen LogP contribution in [0.15, 0.2) is 29.3 Å². The summed E-state index contributed by atoms with van der Waals surface area (Å²) in [5.41, 5.74) is 1.15. The van der Waals surface area contributed by atoms with E-state index in [1.807, 2.05) is 6.07 Å². The Morgan fingerprint density at radius 2 is 1.87 bits per heavy atom. The number of rotatable bonds is 10. The van der Waals surface area contributed by atoms with E-state index in [2.05, 4.69) is 66.5 Å². The van der Waals surface area contributed by atoms with Gasteiger partial charge in [-0.3, -0.25) is 4.90 Å². The molecule has 1 aliphatic carbocycles. The molecule has 2 N–H and O–H groups in total. The molecule has 1 atom stereocenters. The molecule has 3 rings (SSSR count). The molecule has 0 spiro atoms. The lowest BCUT2D eigenvalue weighted by molar-refractivity contribution is 0.0900. The molecule has 2 aliphatic rings. The number of hydrogen-bond acceptors (Lipinski definition) is 4. The van der Waals surface area contributed by atoms with Crippen LogP contribution in [0.1, 0.15) is 39.2 Å². The number of nitrogens with zero attached hydrogens (tertiary/aromatic N) is 3. The summed E-state index contributed by atoms with van der Waals surface area (Å²) in [6.07, 6.45) is 2.61. The van der Waals surface area contributed by atoms with Crippen molar-refractivity contribution in [1.82, 2.24) is 20.4 Å². The highest BCUT2D eigenvalue weighted by Gasteiger charge is 2.25. The second-order valence-electron chi connectivity index (χ2n) is 9.09. The van der Waals surface area contributed by atoms with Crippen molar-refractivity contribution in [2.45, 2.75) is 46.2 Å². The Morgan fingerprint density at radius 3 is 2.53 bits per heavy atom. The molecule has 6 nitrogen and oxygen atoms in total. The van der Waals surface area contributed by atoms with Gasteiger partial charge in [-0.15, -0.1) is 0 Å². The van der Waals surface area contributed by atoms with Gasteiger partial charge in [0, 0.05) is 50.9 Å². The van der Waals surface area contributed by atoms with Crippen LogP contribution in [-0.4, -0.2) is 74.7 Å². The number of hydrogen-bond donors (Lipinski definition) is 2. The first-order valence-electron chi connectivity index (χ1n) is 11.7. The molecule has 1 saturated carbocycles. The number of aliphatic imine (C=N–C) groups is 1. The van der Waals surface area contributed by atoms with Gasteiger partial charge in [0.2, 0.25) is 0 Å². The largest absolute Gasteiger partial charge is 0.493 e. The van der Waals surface area contributed by atoms with E-state index >= 15 is 0 Å². The summed E-state index contributed by atoms with van der Waals surface area (Å²) in [5, 5.41) is 7.01. The molecule has 1 aromatic carbocycles. The number of likely N-dealkylation sites (N-methyl/N-ethyl adjacent to an activating group) is 1. The van der Waals surface area contributed by atoms with Crippen LogP contribution in [0.3, 0.4) is 0 Å². The summed E-state index contributed by atoms with van der Waals surface area (Å²) in [6.45, 7) is 14.6. The minimum atomic E-state index is 0.511. The predicted octanol–water partition coefficient (Wildman–Crippen LogP) is 2.80. The fourth-order valence-electron chi connectivity index (χ4n) is 3.91. The molecule has 2 fully saturated rings. The Bertz CT molecular complexity index is 665. The molecule has 1 saturated heterocycles. The summed E-state index contributed by atoms with van der Waals surface area (Å²) in [5.74, 6) is 3.21. The second-order valence-corrected chi connectivity index (χ2v) is 9.09. The lowest BCUT2D eigenvalue weighted by atomic mass is 10.0. The van der Waals surface area contributed by atoms with Gasteiger partial charge in [0.25, 0.3) is 0 Å². The van der Waals surface area contributed by atoms with E-state index in [0.717, 1.165) is 69.1 Å². The highest BCUT2D eigenvalue weighted by molar-refractivity contribution is 5.79. The molecule has 0 aromatic heterocycles. The molecule has 30 heavy (non-hydrogen) atoms. The quantitative estimate of drug-likeness (QED) is 0.455. The molecule has 1 aromatic rings. The van der Waals surface area contributed by atoms with Crippen molar-refractivity contribution >= 4 is 5.96 Å². The SMILES string of the molecule is CCNC(=NCc1ccccc1OCC1CC1)NCC(C(C)C)N1CCN(C)CC1. The third-order valence-corrected chi connectivity index (χ3v) is 6.15. The standard InChI is InChI=1S/C24H41N5O/c1-5-25-24(27-17-22(19(2)3)29-14-12-28(4)13-15-29)26-16-21-8-6-7-9-23(21)30-18-20-10-11-20/h6-9,19-20,22H,5,10-18H2,1-4H3,(H2,25,26,27). The van der Waals surface area contributed by atoms with Crippen LogP contribution in [0.25, 0.3) is 0 Å². The number of para-hydroxylation sites is 1. The average Bonchev–Trinajstić information content (AvgIpc) is 3.56. The minimum absolute atomic E-state index is 0.511. The van der Waals surface area contributed by atoms with Crippen LogP contribution in [0, 0.1) is 11.8 Å².